The second-order valence-electron chi connectivity index (χ2n) is 5.81. The maximum Gasteiger partial charge on any atom is 0.387 e. The summed E-state index contributed by atoms with van der Waals surface area (Å²) in [5, 5.41) is 2.96. The minimum atomic E-state index is -3.26. The van der Waals surface area contributed by atoms with Crippen LogP contribution in [0.5, 0.6) is 5.75 Å². The number of anilines is 1. The van der Waals surface area contributed by atoms with Crippen molar-refractivity contribution in [1.82, 2.24) is 4.98 Å². The van der Waals surface area contributed by atoms with E-state index in [1.807, 2.05) is 6.92 Å². The van der Waals surface area contributed by atoms with Gasteiger partial charge in [-0.05, 0) is 31.2 Å². The summed E-state index contributed by atoms with van der Waals surface area (Å²) in [4.78, 5) is 17.3. The van der Waals surface area contributed by atoms with Crippen LogP contribution < -0.4 is 10.1 Å². The average Bonchev–Trinajstić information content (AvgIpc) is 2.86. The Balaban J connectivity index is 2.12. The number of sulfone groups is 1. The van der Waals surface area contributed by atoms with Crippen LogP contribution in [0.25, 0.3) is 11.3 Å². The van der Waals surface area contributed by atoms with Crippen LogP contribution in [0.15, 0.2) is 24.3 Å². The van der Waals surface area contributed by atoms with E-state index in [0.29, 0.717) is 16.4 Å². The number of alkyl halides is 2. The molecule has 2 rings (SSSR count). The van der Waals surface area contributed by atoms with Crippen molar-refractivity contribution in [3.05, 3.63) is 29.1 Å². The molecule has 10 heteroatoms. The number of nitrogens with one attached hydrogen (secondary N) is 1. The van der Waals surface area contributed by atoms with Gasteiger partial charge in [0.25, 0.3) is 0 Å². The second kappa shape index (κ2) is 8.09. The third kappa shape index (κ3) is 5.73. The number of rotatable bonds is 7. The number of carbonyl (C=O) groups excluding carboxylic acids is 1. The molecule has 0 radical (unpaired) electrons. The minimum absolute atomic E-state index is 0.0414. The number of amides is 1. The molecule has 0 aliphatic carbocycles. The van der Waals surface area contributed by atoms with Gasteiger partial charge in [-0.15, -0.1) is 11.3 Å². The average molecular weight is 404 g/mol. The molecule has 0 bridgehead atoms. The molecule has 1 N–H and O–H groups in total. The van der Waals surface area contributed by atoms with Crippen LogP contribution in [-0.2, 0) is 14.6 Å². The molecule has 142 valence electrons. The van der Waals surface area contributed by atoms with Gasteiger partial charge in [0.05, 0.1) is 11.4 Å². The SMILES string of the molecule is Cc1sc(NC(=O)[C@@H](C)CS(C)(=O)=O)nc1-c1ccc(OC(F)F)cc1. The Kier molecular flexibility index (Phi) is 6.30. The standard InChI is InChI=1S/C16H18F2N2O4S2/c1-9(8-26(3,22)23)14(21)20-16-19-13(10(2)25-16)11-4-6-12(7-5-11)24-15(17)18/h4-7,9,15H,8H2,1-3H3,(H,19,20,21)/t9-/m0/s1. The molecule has 1 heterocycles. The smallest absolute Gasteiger partial charge is 0.387 e. The molecule has 1 amide bonds. The van der Waals surface area contributed by atoms with E-state index in [-0.39, 0.29) is 11.5 Å². The summed E-state index contributed by atoms with van der Waals surface area (Å²) < 4.78 is 51.3. The zero-order valence-electron chi connectivity index (χ0n) is 14.3. The lowest BCUT2D eigenvalue weighted by molar-refractivity contribution is -0.118. The highest BCUT2D eigenvalue weighted by Gasteiger charge is 2.20. The number of thiazole rings is 1. The predicted molar refractivity (Wildman–Crippen MR) is 96.4 cm³/mol. The molecule has 26 heavy (non-hydrogen) atoms. The summed E-state index contributed by atoms with van der Waals surface area (Å²) in [5.41, 5.74) is 1.29. The van der Waals surface area contributed by atoms with Crippen molar-refractivity contribution in [2.75, 3.05) is 17.3 Å². The van der Waals surface area contributed by atoms with Crippen LogP contribution >= 0.6 is 11.3 Å². The summed E-state index contributed by atoms with van der Waals surface area (Å²) in [6, 6.07) is 6.01. The van der Waals surface area contributed by atoms with Crippen LogP contribution in [0.3, 0.4) is 0 Å². The van der Waals surface area contributed by atoms with Crippen molar-refractivity contribution in [2.24, 2.45) is 5.92 Å². The maximum absolute atomic E-state index is 12.2. The van der Waals surface area contributed by atoms with Crippen molar-refractivity contribution in [3.63, 3.8) is 0 Å². The van der Waals surface area contributed by atoms with Gasteiger partial charge in [-0.1, -0.05) is 6.92 Å². The fraction of sp³-hybridized carbons (Fsp3) is 0.375. The molecule has 1 aromatic heterocycles. The molecule has 0 saturated carbocycles. The Morgan fingerprint density at radius 3 is 2.46 bits per heavy atom. The molecule has 0 aliphatic rings. The quantitative estimate of drug-likeness (QED) is 0.765. The van der Waals surface area contributed by atoms with Gasteiger partial charge >= 0.3 is 6.61 Å². The first-order valence-corrected chi connectivity index (χ1v) is 10.4. The highest BCUT2D eigenvalue weighted by molar-refractivity contribution is 7.90. The zero-order valence-corrected chi connectivity index (χ0v) is 16.0. The fourth-order valence-electron chi connectivity index (χ4n) is 2.27. The van der Waals surface area contributed by atoms with Crippen LogP contribution in [0.1, 0.15) is 11.8 Å². The lowest BCUT2D eigenvalue weighted by atomic mass is 10.1. The number of carbonyl (C=O) groups is 1. The van der Waals surface area contributed by atoms with E-state index in [2.05, 4.69) is 15.0 Å². The van der Waals surface area contributed by atoms with E-state index in [1.165, 1.54) is 30.4 Å². The lowest BCUT2D eigenvalue weighted by Crippen LogP contribution is -2.26. The Bertz CT molecular complexity index is 880. The molecule has 0 fully saturated rings. The van der Waals surface area contributed by atoms with Crippen molar-refractivity contribution >= 4 is 32.2 Å². The van der Waals surface area contributed by atoms with Gasteiger partial charge in [0.15, 0.2) is 5.13 Å². The summed E-state index contributed by atoms with van der Waals surface area (Å²) in [6.45, 7) is 0.448. The van der Waals surface area contributed by atoms with Crippen LogP contribution in [0.2, 0.25) is 0 Å². The molecule has 6 nitrogen and oxygen atoms in total. The van der Waals surface area contributed by atoms with Gasteiger partial charge in [0, 0.05) is 22.6 Å². The Morgan fingerprint density at radius 2 is 1.92 bits per heavy atom. The van der Waals surface area contributed by atoms with Crippen molar-refractivity contribution in [2.45, 2.75) is 20.5 Å². The first-order valence-electron chi connectivity index (χ1n) is 7.56. The van der Waals surface area contributed by atoms with Gasteiger partial charge in [-0.3, -0.25) is 4.79 Å². The number of nitrogens with zero attached hydrogens (tertiary/aromatic N) is 1. The van der Waals surface area contributed by atoms with Crippen LogP contribution in [0, 0.1) is 12.8 Å². The van der Waals surface area contributed by atoms with Gasteiger partial charge in [-0.2, -0.15) is 8.78 Å². The Labute approximate surface area is 154 Å². The molecule has 0 spiro atoms. The zero-order chi connectivity index (χ0) is 19.5. The van der Waals surface area contributed by atoms with Crippen molar-refractivity contribution in [1.29, 1.82) is 0 Å². The van der Waals surface area contributed by atoms with E-state index in [4.69, 9.17) is 0 Å². The van der Waals surface area contributed by atoms with E-state index in [9.17, 15) is 22.0 Å². The van der Waals surface area contributed by atoms with Crippen molar-refractivity contribution < 1.29 is 26.7 Å². The van der Waals surface area contributed by atoms with Gasteiger partial charge < -0.3 is 10.1 Å². The highest BCUT2D eigenvalue weighted by Crippen LogP contribution is 2.31. The van der Waals surface area contributed by atoms with Gasteiger partial charge in [-0.25, -0.2) is 13.4 Å². The summed E-state index contributed by atoms with van der Waals surface area (Å²) in [6.07, 6.45) is 1.07. The molecule has 1 aromatic carbocycles. The first kappa shape index (κ1) is 20.2. The number of halogens is 2. The third-order valence-electron chi connectivity index (χ3n) is 3.38. The van der Waals surface area contributed by atoms with E-state index < -0.39 is 28.3 Å². The largest absolute Gasteiger partial charge is 0.435 e. The number of hydrogen-bond acceptors (Lipinski definition) is 6. The molecule has 0 aliphatic heterocycles. The number of aromatic nitrogens is 1. The summed E-state index contributed by atoms with van der Waals surface area (Å²) in [7, 11) is -3.26. The normalized spacial score (nSPS) is 12.8. The number of aryl methyl sites for hydroxylation is 1. The highest BCUT2D eigenvalue weighted by atomic mass is 32.2. The Hall–Kier alpha value is -2.07. The number of benzene rings is 1. The molecular formula is C16H18F2N2O4S2. The Morgan fingerprint density at radius 1 is 1.31 bits per heavy atom. The van der Waals surface area contributed by atoms with E-state index in [1.54, 1.807) is 12.1 Å². The summed E-state index contributed by atoms with van der Waals surface area (Å²) >= 11 is 1.24. The molecular weight excluding hydrogens is 386 g/mol. The van der Waals surface area contributed by atoms with E-state index in [0.717, 1.165) is 11.1 Å². The lowest BCUT2D eigenvalue weighted by Gasteiger charge is -2.08. The summed E-state index contributed by atoms with van der Waals surface area (Å²) in [5.74, 6) is -1.35. The van der Waals surface area contributed by atoms with Crippen LogP contribution in [-0.4, -0.2) is 37.9 Å². The molecule has 0 saturated heterocycles. The maximum atomic E-state index is 12.2. The number of hydrogen-bond donors (Lipinski definition) is 1. The van der Waals surface area contributed by atoms with Crippen LogP contribution in [0.4, 0.5) is 13.9 Å². The molecule has 1 atom stereocenters. The monoisotopic (exact) mass is 404 g/mol. The first-order chi connectivity index (χ1) is 12.0. The molecule has 0 unspecified atom stereocenters. The van der Waals surface area contributed by atoms with Crippen molar-refractivity contribution in [3.8, 4) is 17.0 Å². The van der Waals surface area contributed by atoms with E-state index >= 15 is 0 Å². The molecule has 2 aromatic rings. The number of ether oxygens (including phenoxy) is 1. The topological polar surface area (TPSA) is 85.4 Å². The third-order valence-corrected chi connectivity index (χ3v) is 5.37. The van der Waals surface area contributed by atoms with Gasteiger partial charge in [0.1, 0.15) is 15.6 Å². The predicted octanol–water partition coefficient (Wildman–Crippen LogP) is 3.34. The second-order valence-corrected chi connectivity index (χ2v) is 9.20. The fourth-order valence-corrected chi connectivity index (χ4v) is 4.17. The van der Waals surface area contributed by atoms with Gasteiger partial charge in [0.2, 0.25) is 5.91 Å². The minimum Gasteiger partial charge on any atom is -0.435 e.